The Morgan fingerprint density at radius 2 is 2.05 bits per heavy atom. The molecule has 1 aromatic carbocycles. The molecule has 1 aliphatic carbocycles. The summed E-state index contributed by atoms with van der Waals surface area (Å²) in [5.74, 6) is 0. The molecule has 2 aromatic rings. The van der Waals surface area contributed by atoms with E-state index in [9.17, 15) is 0 Å². The van der Waals surface area contributed by atoms with E-state index in [0.717, 1.165) is 21.7 Å². The van der Waals surface area contributed by atoms with E-state index < -0.39 is 0 Å². The van der Waals surface area contributed by atoms with Crippen molar-refractivity contribution in [2.45, 2.75) is 31.7 Å². The largest absolute Gasteiger partial charge is 0.360 e. The van der Waals surface area contributed by atoms with Crippen LogP contribution in [0.2, 0.25) is 0 Å². The van der Waals surface area contributed by atoms with Gasteiger partial charge >= 0.3 is 0 Å². The molecule has 19 heavy (non-hydrogen) atoms. The van der Waals surface area contributed by atoms with Crippen molar-refractivity contribution in [2.75, 3.05) is 5.32 Å². The lowest BCUT2D eigenvalue weighted by molar-refractivity contribution is 0.634. The van der Waals surface area contributed by atoms with Crippen LogP contribution in [0.3, 0.4) is 0 Å². The molecule has 0 aliphatic heterocycles. The molecule has 1 aliphatic rings. The Balaban J connectivity index is 1.68. The molecule has 0 unspecified atom stereocenters. The van der Waals surface area contributed by atoms with Crippen LogP contribution < -0.4 is 10.6 Å². The smallest absolute Gasteiger partial charge is 0.170 e. The van der Waals surface area contributed by atoms with Crippen LogP contribution in [0.4, 0.5) is 5.69 Å². The lowest BCUT2D eigenvalue weighted by atomic mass is 10.2. The zero-order valence-electron chi connectivity index (χ0n) is 10.7. The molecule has 0 amide bonds. The van der Waals surface area contributed by atoms with E-state index in [1.54, 1.807) is 0 Å². The Kier molecular flexibility index (Phi) is 3.60. The van der Waals surface area contributed by atoms with Gasteiger partial charge in [0.05, 0.1) is 5.52 Å². The van der Waals surface area contributed by atoms with Crippen LogP contribution in [0.25, 0.3) is 10.9 Å². The minimum atomic E-state index is 0.544. The summed E-state index contributed by atoms with van der Waals surface area (Å²) >= 11 is 5.36. The predicted octanol–water partition coefficient (Wildman–Crippen LogP) is 3.46. The number of hydrogen-bond donors (Lipinski definition) is 2. The maximum Gasteiger partial charge on any atom is 0.170 e. The molecule has 3 rings (SSSR count). The molecule has 0 saturated heterocycles. The third-order valence-electron chi connectivity index (χ3n) is 3.55. The number of anilines is 1. The van der Waals surface area contributed by atoms with Gasteiger partial charge in [-0.1, -0.05) is 18.9 Å². The predicted molar refractivity (Wildman–Crippen MR) is 83.4 cm³/mol. The van der Waals surface area contributed by atoms with E-state index in [1.165, 1.54) is 25.7 Å². The SMILES string of the molecule is S=C(Nc1ccc2ncccc2c1)NC1CCCC1. The average Bonchev–Trinajstić information content (AvgIpc) is 2.91. The van der Waals surface area contributed by atoms with E-state index in [-0.39, 0.29) is 0 Å². The van der Waals surface area contributed by atoms with Gasteiger partial charge in [-0.2, -0.15) is 0 Å². The van der Waals surface area contributed by atoms with Crippen LogP contribution in [0, 0.1) is 0 Å². The van der Waals surface area contributed by atoms with Crippen LogP contribution in [-0.2, 0) is 0 Å². The van der Waals surface area contributed by atoms with Gasteiger partial charge in [-0.25, -0.2) is 0 Å². The van der Waals surface area contributed by atoms with Gasteiger partial charge < -0.3 is 10.6 Å². The van der Waals surface area contributed by atoms with Gasteiger partial charge in [-0.05, 0) is 49.3 Å². The van der Waals surface area contributed by atoms with Gasteiger partial charge in [0.1, 0.15) is 0 Å². The molecule has 1 fully saturated rings. The van der Waals surface area contributed by atoms with Gasteiger partial charge in [-0.15, -0.1) is 0 Å². The van der Waals surface area contributed by atoms with E-state index in [1.807, 2.05) is 24.4 Å². The van der Waals surface area contributed by atoms with Crippen LogP contribution in [-0.4, -0.2) is 16.1 Å². The molecule has 1 saturated carbocycles. The zero-order valence-corrected chi connectivity index (χ0v) is 11.5. The number of rotatable bonds is 2. The van der Waals surface area contributed by atoms with Gasteiger partial charge in [-0.3, -0.25) is 4.98 Å². The summed E-state index contributed by atoms with van der Waals surface area (Å²) < 4.78 is 0. The number of aromatic nitrogens is 1. The topological polar surface area (TPSA) is 37.0 Å². The van der Waals surface area contributed by atoms with Crippen LogP contribution in [0.15, 0.2) is 36.5 Å². The molecule has 0 spiro atoms. The summed E-state index contributed by atoms with van der Waals surface area (Å²) in [5, 5.41) is 8.47. The summed E-state index contributed by atoms with van der Waals surface area (Å²) in [6, 6.07) is 10.6. The summed E-state index contributed by atoms with van der Waals surface area (Å²) in [6.07, 6.45) is 6.87. The van der Waals surface area contributed by atoms with Crippen molar-refractivity contribution in [1.29, 1.82) is 0 Å². The van der Waals surface area contributed by atoms with E-state index >= 15 is 0 Å². The quantitative estimate of drug-likeness (QED) is 0.820. The minimum absolute atomic E-state index is 0.544. The maximum atomic E-state index is 5.36. The molecule has 1 heterocycles. The zero-order chi connectivity index (χ0) is 13.1. The second-order valence-electron chi connectivity index (χ2n) is 4.99. The first-order chi connectivity index (χ1) is 9.31. The van der Waals surface area contributed by atoms with Crippen LogP contribution >= 0.6 is 12.2 Å². The van der Waals surface area contributed by atoms with Gasteiger partial charge in [0.2, 0.25) is 0 Å². The Labute approximate surface area is 118 Å². The van der Waals surface area contributed by atoms with Crippen molar-refractivity contribution in [3.63, 3.8) is 0 Å². The van der Waals surface area contributed by atoms with Crippen molar-refractivity contribution in [1.82, 2.24) is 10.3 Å². The van der Waals surface area contributed by atoms with Crippen molar-refractivity contribution in [3.8, 4) is 0 Å². The molecular weight excluding hydrogens is 254 g/mol. The lowest BCUT2D eigenvalue weighted by Crippen LogP contribution is -2.35. The molecule has 1 aromatic heterocycles. The van der Waals surface area contributed by atoms with Gasteiger partial charge in [0, 0.05) is 23.3 Å². The fourth-order valence-corrected chi connectivity index (χ4v) is 2.86. The summed E-state index contributed by atoms with van der Waals surface area (Å²) in [6.45, 7) is 0. The van der Waals surface area contributed by atoms with Crippen molar-refractivity contribution >= 4 is 33.9 Å². The standard InChI is InChI=1S/C15H17N3S/c19-15(17-12-5-1-2-6-12)18-13-7-8-14-11(10-13)4-3-9-16-14/h3-4,7-10,12H,1-2,5-6H2,(H2,17,18,19). The number of thiocarbonyl (C=S) groups is 1. The number of fused-ring (bicyclic) bond motifs is 1. The van der Waals surface area contributed by atoms with Crippen molar-refractivity contribution in [2.24, 2.45) is 0 Å². The molecule has 3 nitrogen and oxygen atoms in total. The van der Waals surface area contributed by atoms with Crippen molar-refractivity contribution < 1.29 is 0 Å². The highest BCUT2D eigenvalue weighted by Crippen LogP contribution is 2.19. The summed E-state index contributed by atoms with van der Waals surface area (Å²) in [5.41, 5.74) is 2.01. The highest BCUT2D eigenvalue weighted by atomic mass is 32.1. The lowest BCUT2D eigenvalue weighted by Gasteiger charge is -2.15. The second-order valence-corrected chi connectivity index (χ2v) is 5.40. The molecule has 0 bridgehead atoms. The van der Waals surface area contributed by atoms with Crippen molar-refractivity contribution in [3.05, 3.63) is 36.5 Å². The normalized spacial score (nSPS) is 15.6. The number of pyridine rings is 1. The molecular formula is C15H17N3S. The van der Waals surface area contributed by atoms with E-state index in [4.69, 9.17) is 12.2 Å². The fourth-order valence-electron chi connectivity index (χ4n) is 2.58. The first-order valence-corrected chi connectivity index (χ1v) is 7.14. The number of nitrogens with zero attached hydrogens (tertiary/aromatic N) is 1. The third kappa shape index (κ3) is 3.01. The monoisotopic (exact) mass is 271 g/mol. The highest BCUT2D eigenvalue weighted by molar-refractivity contribution is 7.80. The second kappa shape index (κ2) is 5.53. The van der Waals surface area contributed by atoms with Gasteiger partial charge in [0.15, 0.2) is 5.11 Å². The summed E-state index contributed by atoms with van der Waals surface area (Å²) in [7, 11) is 0. The Morgan fingerprint density at radius 1 is 1.21 bits per heavy atom. The molecule has 98 valence electrons. The van der Waals surface area contributed by atoms with E-state index in [2.05, 4.69) is 27.8 Å². The number of hydrogen-bond acceptors (Lipinski definition) is 2. The fraction of sp³-hybridized carbons (Fsp3) is 0.333. The van der Waals surface area contributed by atoms with Crippen LogP contribution in [0.1, 0.15) is 25.7 Å². The number of nitrogens with one attached hydrogen (secondary N) is 2. The summed E-state index contributed by atoms with van der Waals surface area (Å²) in [4.78, 5) is 4.31. The Hall–Kier alpha value is -1.68. The first-order valence-electron chi connectivity index (χ1n) is 6.73. The Morgan fingerprint density at radius 3 is 2.89 bits per heavy atom. The third-order valence-corrected chi connectivity index (χ3v) is 3.77. The minimum Gasteiger partial charge on any atom is -0.360 e. The average molecular weight is 271 g/mol. The van der Waals surface area contributed by atoms with E-state index in [0.29, 0.717) is 6.04 Å². The first kappa shape index (κ1) is 12.4. The molecule has 4 heteroatoms. The molecule has 0 atom stereocenters. The highest BCUT2D eigenvalue weighted by Gasteiger charge is 2.15. The Bertz CT molecular complexity index is 591. The maximum absolute atomic E-state index is 5.36. The van der Waals surface area contributed by atoms with Gasteiger partial charge in [0.25, 0.3) is 0 Å². The van der Waals surface area contributed by atoms with Crippen LogP contribution in [0.5, 0.6) is 0 Å². The molecule has 2 N–H and O–H groups in total. The number of benzene rings is 1. The molecule has 0 radical (unpaired) electrons.